The summed E-state index contributed by atoms with van der Waals surface area (Å²) in [5.41, 5.74) is 0. The zero-order valence-corrected chi connectivity index (χ0v) is 12.8. The van der Waals surface area contributed by atoms with Crippen molar-refractivity contribution in [3.05, 3.63) is 18.2 Å². The van der Waals surface area contributed by atoms with Crippen LogP contribution in [0.3, 0.4) is 0 Å². The summed E-state index contributed by atoms with van der Waals surface area (Å²) in [4.78, 5) is 16.3. The normalized spacial score (nSPS) is 23.0. The molecule has 1 saturated carbocycles. The summed E-state index contributed by atoms with van der Waals surface area (Å²) in [5, 5.41) is 2.55. The molecule has 1 aromatic heterocycles. The van der Waals surface area contributed by atoms with Crippen molar-refractivity contribution in [2.24, 2.45) is 0 Å². The second-order valence-corrected chi connectivity index (χ2v) is 8.29. The van der Waals surface area contributed by atoms with E-state index in [9.17, 15) is 13.2 Å². The SMILES string of the molecule is O=C(CS(=O)(=O)C1CCCC1)N[C@H]1CCc2nccn2C1. The van der Waals surface area contributed by atoms with Gasteiger partial charge in [-0.1, -0.05) is 12.8 Å². The molecule has 0 spiro atoms. The van der Waals surface area contributed by atoms with E-state index in [2.05, 4.69) is 10.3 Å². The van der Waals surface area contributed by atoms with Gasteiger partial charge in [-0.2, -0.15) is 0 Å². The van der Waals surface area contributed by atoms with E-state index in [4.69, 9.17) is 0 Å². The largest absolute Gasteiger partial charge is 0.351 e. The van der Waals surface area contributed by atoms with Crippen molar-refractivity contribution < 1.29 is 13.2 Å². The van der Waals surface area contributed by atoms with Crippen molar-refractivity contribution in [2.45, 2.75) is 56.4 Å². The lowest BCUT2D eigenvalue weighted by atomic mass is 10.1. The van der Waals surface area contributed by atoms with Gasteiger partial charge in [0.2, 0.25) is 5.91 Å². The Balaban J connectivity index is 1.55. The predicted octanol–water partition coefficient (Wildman–Crippen LogP) is 0.671. The van der Waals surface area contributed by atoms with Crippen LogP contribution in [0, 0.1) is 0 Å². The number of aromatic nitrogens is 2. The van der Waals surface area contributed by atoms with Crippen molar-refractivity contribution in [3.8, 4) is 0 Å². The number of imidazole rings is 1. The molecule has 0 radical (unpaired) electrons. The molecule has 6 nitrogen and oxygen atoms in total. The Morgan fingerprint density at radius 1 is 1.33 bits per heavy atom. The van der Waals surface area contributed by atoms with E-state index in [1.54, 1.807) is 6.20 Å². The fraction of sp³-hybridized carbons (Fsp3) is 0.714. The van der Waals surface area contributed by atoms with Crippen LogP contribution in [0.15, 0.2) is 12.4 Å². The molecule has 116 valence electrons. The number of carbonyl (C=O) groups is 1. The van der Waals surface area contributed by atoms with Crippen molar-refractivity contribution in [1.29, 1.82) is 0 Å². The van der Waals surface area contributed by atoms with E-state index in [1.165, 1.54) is 0 Å². The number of amides is 1. The summed E-state index contributed by atoms with van der Waals surface area (Å²) in [6.45, 7) is 0.671. The maximum absolute atomic E-state index is 12.2. The third-order valence-electron chi connectivity index (χ3n) is 4.44. The standard InChI is InChI=1S/C14H21N3O3S/c18-14(10-21(19,20)12-3-1-2-4-12)16-11-5-6-13-15-7-8-17(13)9-11/h7-8,11-12H,1-6,9-10H2,(H,16,18)/t11-/m0/s1. The number of hydrogen-bond donors (Lipinski definition) is 1. The van der Waals surface area contributed by atoms with E-state index in [1.807, 2.05) is 10.8 Å². The van der Waals surface area contributed by atoms with Gasteiger partial charge >= 0.3 is 0 Å². The van der Waals surface area contributed by atoms with Crippen LogP contribution < -0.4 is 5.32 Å². The van der Waals surface area contributed by atoms with E-state index in [0.29, 0.717) is 19.4 Å². The van der Waals surface area contributed by atoms with E-state index in [0.717, 1.165) is 31.5 Å². The fourth-order valence-electron chi connectivity index (χ4n) is 3.30. The summed E-state index contributed by atoms with van der Waals surface area (Å²) in [6.07, 6.45) is 8.59. The number of rotatable bonds is 4. The smallest absolute Gasteiger partial charge is 0.235 e. The summed E-state index contributed by atoms with van der Waals surface area (Å²) in [6, 6.07) is -0.00187. The summed E-state index contributed by atoms with van der Waals surface area (Å²) >= 11 is 0. The van der Waals surface area contributed by atoms with Crippen LogP contribution in [0.25, 0.3) is 0 Å². The van der Waals surface area contributed by atoms with Gasteiger partial charge in [0.05, 0.1) is 5.25 Å². The van der Waals surface area contributed by atoms with Crippen LogP contribution in [0.4, 0.5) is 0 Å². The summed E-state index contributed by atoms with van der Waals surface area (Å²) in [7, 11) is -3.29. The molecule has 7 heteroatoms. The van der Waals surface area contributed by atoms with Gasteiger partial charge in [-0.05, 0) is 19.3 Å². The van der Waals surface area contributed by atoms with Gasteiger partial charge in [-0.15, -0.1) is 0 Å². The Kier molecular flexibility index (Phi) is 4.01. The maximum Gasteiger partial charge on any atom is 0.235 e. The van der Waals surface area contributed by atoms with Crippen LogP contribution in [-0.2, 0) is 27.6 Å². The molecule has 21 heavy (non-hydrogen) atoms. The van der Waals surface area contributed by atoms with Gasteiger partial charge in [0, 0.05) is 31.4 Å². The van der Waals surface area contributed by atoms with Gasteiger partial charge < -0.3 is 9.88 Å². The molecule has 1 aliphatic heterocycles. The molecule has 1 amide bonds. The molecule has 1 N–H and O–H groups in total. The Morgan fingerprint density at radius 2 is 2.10 bits per heavy atom. The van der Waals surface area contributed by atoms with Crippen molar-refractivity contribution in [2.75, 3.05) is 5.75 Å². The Hall–Kier alpha value is -1.37. The minimum atomic E-state index is -3.29. The summed E-state index contributed by atoms with van der Waals surface area (Å²) < 4.78 is 26.3. The second-order valence-electron chi connectivity index (χ2n) is 6.01. The number of carbonyl (C=O) groups excluding carboxylic acids is 1. The minimum absolute atomic E-state index is 0.00187. The Morgan fingerprint density at radius 3 is 2.86 bits per heavy atom. The number of fused-ring (bicyclic) bond motifs is 1. The molecule has 0 unspecified atom stereocenters. The first-order valence-corrected chi connectivity index (χ1v) is 9.27. The van der Waals surface area contributed by atoms with Gasteiger partial charge in [0.1, 0.15) is 11.6 Å². The molecule has 1 atom stereocenters. The van der Waals surface area contributed by atoms with Gasteiger partial charge in [0.25, 0.3) is 0 Å². The highest BCUT2D eigenvalue weighted by molar-refractivity contribution is 7.92. The first-order chi connectivity index (χ1) is 10.0. The highest BCUT2D eigenvalue weighted by atomic mass is 32.2. The Bertz CT molecular complexity index is 617. The summed E-state index contributed by atoms with van der Waals surface area (Å²) in [5.74, 6) is 0.292. The highest BCUT2D eigenvalue weighted by Gasteiger charge is 2.31. The first-order valence-electron chi connectivity index (χ1n) is 7.55. The molecule has 0 aromatic carbocycles. The molecule has 1 fully saturated rings. The Labute approximate surface area is 124 Å². The van der Waals surface area contributed by atoms with Crippen molar-refractivity contribution in [1.82, 2.24) is 14.9 Å². The number of sulfone groups is 1. The number of aryl methyl sites for hydroxylation is 1. The van der Waals surface area contributed by atoms with Crippen LogP contribution in [0.2, 0.25) is 0 Å². The number of hydrogen-bond acceptors (Lipinski definition) is 4. The molecule has 1 aromatic rings. The quantitative estimate of drug-likeness (QED) is 0.886. The van der Waals surface area contributed by atoms with Crippen molar-refractivity contribution >= 4 is 15.7 Å². The maximum atomic E-state index is 12.2. The molecule has 0 bridgehead atoms. The number of nitrogens with one attached hydrogen (secondary N) is 1. The molecule has 3 rings (SSSR count). The average molecular weight is 311 g/mol. The van der Waals surface area contributed by atoms with Crippen LogP contribution in [0.1, 0.15) is 37.9 Å². The molecular weight excluding hydrogens is 290 g/mol. The lowest BCUT2D eigenvalue weighted by Crippen LogP contribution is -2.44. The van der Waals surface area contributed by atoms with Crippen LogP contribution >= 0.6 is 0 Å². The molecule has 2 aliphatic rings. The highest BCUT2D eigenvalue weighted by Crippen LogP contribution is 2.25. The van der Waals surface area contributed by atoms with E-state index in [-0.39, 0.29) is 23.0 Å². The van der Waals surface area contributed by atoms with E-state index < -0.39 is 9.84 Å². The second kappa shape index (κ2) is 5.79. The third kappa shape index (κ3) is 3.28. The third-order valence-corrected chi connectivity index (χ3v) is 6.59. The molecule has 0 saturated heterocycles. The van der Waals surface area contributed by atoms with Gasteiger partial charge in [0.15, 0.2) is 9.84 Å². The zero-order valence-electron chi connectivity index (χ0n) is 12.0. The van der Waals surface area contributed by atoms with Gasteiger partial charge in [-0.25, -0.2) is 13.4 Å². The average Bonchev–Trinajstić information content (AvgIpc) is 3.09. The van der Waals surface area contributed by atoms with Crippen molar-refractivity contribution in [3.63, 3.8) is 0 Å². The molecule has 2 heterocycles. The molecule has 1 aliphatic carbocycles. The zero-order chi connectivity index (χ0) is 14.9. The monoisotopic (exact) mass is 311 g/mol. The van der Waals surface area contributed by atoms with Crippen LogP contribution in [-0.4, -0.2) is 40.9 Å². The molecular formula is C14H21N3O3S. The number of nitrogens with zero attached hydrogens (tertiary/aromatic N) is 2. The predicted molar refractivity (Wildman–Crippen MR) is 78.5 cm³/mol. The van der Waals surface area contributed by atoms with Crippen LogP contribution in [0.5, 0.6) is 0 Å². The topological polar surface area (TPSA) is 81.1 Å². The first kappa shape index (κ1) is 14.6. The lowest BCUT2D eigenvalue weighted by Gasteiger charge is -2.25. The van der Waals surface area contributed by atoms with E-state index >= 15 is 0 Å². The lowest BCUT2D eigenvalue weighted by molar-refractivity contribution is -0.119. The fourth-order valence-corrected chi connectivity index (χ4v) is 5.04. The van der Waals surface area contributed by atoms with Gasteiger partial charge in [-0.3, -0.25) is 4.79 Å². The minimum Gasteiger partial charge on any atom is -0.351 e.